The summed E-state index contributed by atoms with van der Waals surface area (Å²) in [7, 11) is 1.76. The molecule has 0 N–H and O–H groups in total. The molecule has 0 aliphatic heterocycles. The second-order valence-corrected chi connectivity index (χ2v) is 5.41. The van der Waals surface area contributed by atoms with Crippen molar-refractivity contribution >= 4 is 33.4 Å². The minimum Gasteiger partial charge on any atom is -0.337 e. The average molecular weight is 340 g/mol. The van der Waals surface area contributed by atoms with Gasteiger partial charge in [0.25, 0.3) is 5.91 Å². The number of halogens is 2. The Kier molecular flexibility index (Phi) is 4.56. The van der Waals surface area contributed by atoms with Crippen molar-refractivity contribution in [3.63, 3.8) is 0 Å². The average Bonchev–Trinajstić information content (AvgIpc) is 2.39. The summed E-state index contributed by atoms with van der Waals surface area (Å²) in [6, 6.07) is 11.0. The molecule has 2 aromatic rings. The van der Waals surface area contributed by atoms with E-state index in [1.54, 1.807) is 30.3 Å². The fourth-order valence-corrected chi connectivity index (χ4v) is 2.15. The van der Waals surface area contributed by atoms with Crippen molar-refractivity contribution in [3.8, 4) is 0 Å². The van der Waals surface area contributed by atoms with E-state index in [1.165, 1.54) is 0 Å². The maximum absolute atomic E-state index is 12.2. The first-order valence-corrected chi connectivity index (χ1v) is 6.85. The van der Waals surface area contributed by atoms with Crippen LogP contribution in [-0.4, -0.2) is 22.8 Å². The third-order valence-electron chi connectivity index (χ3n) is 2.63. The molecule has 0 fully saturated rings. The maximum atomic E-state index is 12.2. The van der Waals surface area contributed by atoms with Gasteiger partial charge in [0.2, 0.25) is 0 Å². The van der Waals surface area contributed by atoms with Gasteiger partial charge in [0.15, 0.2) is 0 Å². The molecule has 0 spiro atoms. The van der Waals surface area contributed by atoms with Gasteiger partial charge in [0.05, 0.1) is 5.56 Å². The van der Waals surface area contributed by atoms with Crippen LogP contribution < -0.4 is 0 Å². The highest BCUT2D eigenvalue weighted by atomic mass is 79.9. The Morgan fingerprint density at radius 1 is 1.37 bits per heavy atom. The molecule has 1 amide bonds. The molecule has 0 atom stereocenters. The van der Waals surface area contributed by atoms with Gasteiger partial charge in [-0.05, 0) is 45.8 Å². The summed E-state index contributed by atoms with van der Waals surface area (Å²) in [5.41, 5.74) is 1.56. The van der Waals surface area contributed by atoms with Crippen LogP contribution in [0.15, 0.2) is 47.2 Å². The molecule has 0 saturated carbocycles. The summed E-state index contributed by atoms with van der Waals surface area (Å²) >= 11 is 9.17. The van der Waals surface area contributed by atoms with Crippen LogP contribution in [0.25, 0.3) is 0 Å². The van der Waals surface area contributed by atoms with E-state index in [9.17, 15) is 4.79 Å². The van der Waals surface area contributed by atoms with Crippen LogP contribution in [0.4, 0.5) is 0 Å². The van der Waals surface area contributed by atoms with Gasteiger partial charge in [-0.15, -0.1) is 0 Å². The Morgan fingerprint density at radius 3 is 2.79 bits per heavy atom. The highest BCUT2D eigenvalue weighted by molar-refractivity contribution is 9.10. The topological polar surface area (TPSA) is 33.2 Å². The third kappa shape index (κ3) is 3.78. The predicted molar refractivity (Wildman–Crippen MR) is 79.2 cm³/mol. The molecular weight excluding hydrogens is 328 g/mol. The standard InChI is InChI=1S/C14H12BrClN2O/c1-18(9-10-3-2-4-12(16)7-10)14(19)11-5-6-13(15)17-8-11/h2-8H,9H2,1H3. The molecule has 19 heavy (non-hydrogen) atoms. The Morgan fingerprint density at radius 2 is 2.16 bits per heavy atom. The molecule has 0 bridgehead atoms. The smallest absolute Gasteiger partial charge is 0.255 e. The van der Waals surface area contributed by atoms with Gasteiger partial charge < -0.3 is 4.90 Å². The summed E-state index contributed by atoms with van der Waals surface area (Å²) in [5, 5.41) is 0.670. The van der Waals surface area contributed by atoms with Gasteiger partial charge in [-0.2, -0.15) is 0 Å². The number of nitrogens with zero attached hydrogens (tertiary/aromatic N) is 2. The Labute approximate surface area is 125 Å². The van der Waals surface area contributed by atoms with Crippen molar-refractivity contribution in [2.45, 2.75) is 6.54 Å². The molecule has 2 rings (SSSR count). The summed E-state index contributed by atoms with van der Waals surface area (Å²) in [5.74, 6) is -0.0695. The van der Waals surface area contributed by atoms with Gasteiger partial charge in [0, 0.05) is 24.8 Å². The quantitative estimate of drug-likeness (QED) is 0.798. The summed E-state index contributed by atoms with van der Waals surface area (Å²) < 4.78 is 0.710. The Bertz CT molecular complexity index is 586. The zero-order valence-electron chi connectivity index (χ0n) is 10.3. The Hall–Kier alpha value is -1.39. The van der Waals surface area contributed by atoms with Gasteiger partial charge in [-0.3, -0.25) is 4.79 Å². The monoisotopic (exact) mass is 338 g/mol. The van der Waals surface area contributed by atoms with Gasteiger partial charge in [0.1, 0.15) is 4.60 Å². The normalized spacial score (nSPS) is 10.3. The number of benzene rings is 1. The minimum atomic E-state index is -0.0695. The first-order chi connectivity index (χ1) is 9.06. The number of aromatic nitrogens is 1. The van der Waals surface area contributed by atoms with Crippen molar-refractivity contribution in [3.05, 3.63) is 63.3 Å². The van der Waals surface area contributed by atoms with Crippen LogP contribution in [0.5, 0.6) is 0 Å². The molecule has 3 nitrogen and oxygen atoms in total. The van der Waals surface area contributed by atoms with E-state index in [0.29, 0.717) is 21.7 Å². The molecule has 5 heteroatoms. The number of rotatable bonds is 3. The highest BCUT2D eigenvalue weighted by Crippen LogP contribution is 2.14. The predicted octanol–water partition coefficient (Wildman–Crippen LogP) is 3.77. The lowest BCUT2D eigenvalue weighted by molar-refractivity contribution is 0.0784. The molecule has 0 aliphatic carbocycles. The molecule has 98 valence electrons. The number of hydrogen-bond acceptors (Lipinski definition) is 2. The zero-order valence-corrected chi connectivity index (χ0v) is 12.6. The van der Waals surface area contributed by atoms with E-state index in [2.05, 4.69) is 20.9 Å². The van der Waals surface area contributed by atoms with E-state index in [0.717, 1.165) is 5.56 Å². The molecule has 1 aromatic heterocycles. The van der Waals surface area contributed by atoms with E-state index >= 15 is 0 Å². The SMILES string of the molecule is CN(Cc1cccc(Cl)c1)C(=O)c1ccc(Br)nc1. The molecule has 0 unspecified atom stereocenters. The minimum absolute atomic E-state index is 0.0695. The second-order valence-electron chi connectivity index (χ2n) is 4.16. The number of pyridine rings is 1. The lowest BCUT2D eigenvalue weighted by Gasteiger charge is -2.17. The lowest BCUT2D eigenvalue weighted by Crippen LogP contribution is -2.26. The van der Waals surface area contributed by atoms with Crippen LogP contribution in [0.2, 0.25) is 5.02 Å². The zero-order chi connectivity index (χ0) is 13.8. The number of carbonyl (C=O) groups excluding carboxylic acids is 1. The fourth-order valence-electron chi connectivity index (χ4n) is 1.70. The van der Waals surface area contributed by atoms with Crippen LogP contribution in [0, 0.1) is 0 Å². The number of carbonyl (C=O) groups is 1. The molecule has 0 radical (unpaired) electrons. The van der Waals surface area contributed by atoms with Crippen molar-refractivity contribution in [1.82, 2.24) is 9.88 Å². The van der Waals surface area contributed by atoms with Crippen LogP contribution in [0.1, 0.15) is 15.9 Å². The van der Waals surface area contributed by atoms with Crippen molar-refractivity contribution < 1.29 is 4.79 Å². The molecular formula is C14H12BrClN2O. The molecule has 1 aromatic carbocycles. The third-order valence-corrected chi connectivity index (χ3v) is 3.33. The van der Waals surface area contributed by atoms with Gasteiger partial charge in [-0.25, -0.2) is 4.98 Å². The Balaban J connectivity index is 2.09. The first kappa shape index (κ1) is 14.0. The van der Waals surface area contributed by atoms with Crippen molar-refractivity contribution in [2.24, 2.45) is 0 Å². The fraction of sp³-hybridized carbons (Fsp3) is 0.143. The van der Waals surface area contributed by atoms with E-state index in [-0.39, 0.29) is 5.91 Å². The second kappa shape index (κ2) is 6.17. The highest BCUT2D eigenvalue weighted by Gasteiger charge is 2.12. The van der Waals surface area contributed by atoms with Crippen molar-refractivity contribution in [2.75, 3.05) is 7.05 Å². The molecule has 0 aliphatic rings. The van der Waals surface area contributed by atoms with Crippen LogP contribution in [0.3, 0.4) is 0 Å². The molecule has 0 saturated heterocycles. The van der Waals surface area contributed by atoms with E-state index in [4.69, 9.17) is 11.6 Å². The number of hydrogen-bond donors (Lipinski definition) is 0. The van der Waals surface area contributed by atoms with Crippen LogP contribution >= 0.6 is 27.5 Å². The first-order valence-electron chi connectivity index (χ1n) is 5.68. The van der Waals surface area contributed by atoms with Gasteiger partial charge in [-0.1, -0.05) is 23.7 Å². The van der Waals surface area contributed by atoms with E-state index in [1.807, 2.05) is 24.3 Å². The van der Waals surface area contributed by atoms with Crippen LogP contribution in [-0.2, 0) is 6.54 Å². The van der Waals surface area contributed by atoms with Gasteiger partial charge >= 0.3 is 0 Å². The summed E-state index contributed by atoms with van der Waals surface area (Å²) in [4.78, 5) is 17.9. The summed E-state index contributed by atoms with van der Waals surface area (Å²) in [6.45, 7) is 0.509. The summed E-state index contributed by atoms with van der Waals surface area (Å²) in [6.07, 6.45) is 1.56. The maximum Gasteiger partial charge on any atom is 0.255 e. The lowest BCUT2D eigenvalue weighted by atomic mass is 10.2. The van der Waals surface area contributed by atoms with Crippen molar-refractivity contribution in [1.29, 1.82) is 0 Å². The number of amides is 1. The molecule has 1 heterocycles. The van der Waals surface area contributed by atoms with E-state index < -0.39 is 0 Å². The largest absolute Gasteiger partial charge is 0.337 e.